The van der Waals surface area contributed by atoms with Gasteiger partial charge in [-0.05, 0) is 32.9 Å². The van der Waals surface area contributed by atoms with Crippen LogP contribution in [0, 0.1) is 0 Å². The van der Waals surface area contributed by atoms with Gasteiger partial charge in [-0.1, -0.05) is 0 Å². The van der Waals surface area contributed by atoms with Crippen molar-refractivity contribution in [2.24, 2.45) is 5.84 Å². The lowest BCUT2D eigenvalue weighted by Gasteiger charge is -2.18. The molecule has 1 atom stereocenters. The van der Waals surface area contributed by atoms with Crippen molar-refractivity contribution in [3.63, 3.8) is 0 Å². The highest BCUT2D eigenvalue weighted by molar-refractivity contribution is 4.76. The summed E-state index contributed by atoms with van der Waals surface area (Å²) in [6, 6.07) is 0.774. The summed E-state index contributed by atoms with van der Waals surface area (Å²) in [7, 11) is 2.19. The molecule has 0 aromatic rings. The maximum atomic E-state index is 5.18. The minimum absolute atomic E-state index is 0.774. The van der Waals surface area contributed by atoms with E-state index < -0.39 is 0 Å². The van der Waals surface area contributed by atoms with Gasteiger partial charge in [-0.15, -0.1) is 0 Å². The predicted octanol–water partition coefficient (Wildman–Crippen LogP) is -0.0660. The molecule has 0 amide bonds. The normalized spacial score (nSPS) is 27.6. The lowest BCUT2D eigenvalue weighted by molar-refractivity contribution is 0.294. The van der Waals surface area contributed by atoms with Crippen molar-refractivity contribution in [1.29, 1.82) is 0 Å². The van der Waals surface area contributed by atoms with E-state index in [1.807, 2.05) is 0 Å². The summed E-state index contributed by atoms with van der Waals surface area (Å²) >= 11 is 0. The van der Waals surface area contributed by atoms with Crippen molar-refractivity contribution in [3.8, 4) is 0 Å². The second kappa shape index (κ2) is 3.91. The van der Waals surface area contributed by atoms with E-state index in [0.29, 0.717) is 0 Å². The highest BCUT2D eigenvalue weighted by Crippen LogP contribution is 2.16. The molecule has 10 heavy (non-hydrogen) atoms. The third-order valence-electron chi connectivity index (χ3n) is 2.29. The molecule has 3 nitrogen and oxygen atoms in total. The van der Waals surface area contributed by atoms with Gasteiger partial charge in [-0.2, -0.15) is 0 Å². The number of nitrogens with two attached hydrogens (primary N) is 1. The fraction of sp³-hybridized carbons (Fsp3) is 1.00. The van der Waals surface area contributed by atoms with Crippen molar-refractivity contribution in [3.05, 3.63) is 0 Å². The molecular formula is C7H17N3. The zero-order valence-corrected chi connectivity index (χ0v) is 6.64. The van der Waals surface area contributed by atoms with E-state index in [4.69, 9.17) is 5.84 Å². The van der Waals surface area contributed by atoms with Crippen LogP contribution in [0.2, 0.25) is 0 Å². The van der Waals surface area contributed by atoms with Crippen LogP contribution in [0.3, 0.4) is 0 Å². The number of hydrogen-bond acceptors (Lipinski definition) is 3. The molecule has 1 aliphatic heterocycles. The molecule has 0 bridgehead atoms. The van der Waals surface area contributed by atoms with Gasteiger partial charge in [-0.25, -0.2) is 0 Å². The topological polar surface area (TPSA) is 41.3 Å². The van der Waals surface area contributed by atoms with E-state index in [2.05, 4.69) is 17.4 Å². The molecule has 0 saturated carbocycles. The second-order valence-corrected chi connectivity index (χ2v) is 3.02. The highest BCUT2D eigenvalue weighted by atomic mass is 15.2. The Morgan fingerprint density at radius 1 is 1.70 bits per heavy atom. The lowest BCUT2D eigenvalue weighted by atomic mass is 10.1. The molecule has 1 rings (SSSR count). The van der Waals surface area contributed by atoms with Crippen LogP contribution in [0.15, 0.2) is 0 Å². The van der Waals surface area contributed by atoms with Gasteiger partial charge in [-0.3, -0.25) is 11.3 Å². The van der Waals surface area contributed by atoms with E-state index in [0.717, 1.165) is 12.6 Å². The van der Waals surface area contributed by atoms with Gasteiger partial charge in [0.1, 0.15) is 0 Å². The molecular weight excluding hydrogens is 126 g/mol. The minimum atomic E-state index is 0.774. The van der Waals surface area contributed by atoms with E-state index in [1.165, 1.54) is 25.8 Å². The van der Waals surface area contributed by atoms with Crippen molar-refractivity contribution in [2.75, 3.05) is 20.1 Å². The standard InChI is InChI=1S/C7H17N3/c1-10-6-2-3-7(10)4-5-9-8/h7,9H,2-6,8H2,1H3/t7-/m1/s1. The first kappa shape index (κ1) is 7.98. The van der Waals surface area contributed by atoms with Crippen LogP contribution in [0.5, 0.6) is 0 Å². The van der Waals surface area contributed by atoms with E-state index in [-0.39, 0.29) is 0 Å². The lowest BCUT2D eigenvalue weighted by Crippen LogP contribution is -2.31. The first-order valence-electron chi connectivity index (χ1n) is 3.98. The van der Waals surface area contributed by atoms with Crippen LogP contribution in [0.4, 0.5) is 0 Å². The molecule has 1 heterocycles. The van der Waals surface area contributed by atoms with Gasteiger partial charge in [0.2, 0.25) is 0 Å². The van der Waals surface area contributed by atoms with E-state index >= 15 is 0 Å². The summed E-state index contributed by atoms with van der Waals surface area (Å²) in [4.78, 5) is 2.41. The highest BCUT2D eigenvalue weighted by Gasteiger charge is 2.19. The molecule has 1 saturated heterocycles. The smallest absolute Gasteiger partial charge is 0.0112 e. The second-order valence-electron chi connectivity index (χ2n) is 3.02. The van der Waals surface area contributed by atoms with Gasteiger partial charge < -0.3 is 4.90 Å². The first-order chi connectivity index (χ1) is 4.84. The maximum absolute atomic E-state index is 5.18. The summed E-state index contributed by atoms with van der Waals surface area (Å²) in [5.74, 6) is 5.18. The fourth-order valence-corrected chi connectivity index (χ4v) is 1.59. The van der Waals surface area contributed by atoms with Crippen LogP contribution in [-0.4, -0.2) is 31.1 Å². The molecule has 3 N–H and O–H groups in total. The third kappa shape index (κ3) is 1.94. The molecule has 0 aliphatic carbocycles. The Kier molecular flexibility index (Phi) is 3.12. The third-order valence-corrected chi connectivity index (χ3v) is 2.29. The fourth-order valence-electron chi connectivity index (χ4n) is 1.59. The van der Waals surface area contributed by atoms with Crippen LogP contribution in [0.1, 0.15) is 19.3 Å². The zero-order chi connectivity index (χ0) is 7.40. The average Bonchev–Trinajstić information content (AvgIpc) is 2.31. The Morgan fingerprint density at radius 3 is 3.00 bits per heavy atom. The van der Waals surface area contributed by atoms with Crippen molar-refractivity contribution in [1.82, 2.24) is 10.3 Å². The Bertz CT molecular complexity index is 94.9. The predicted molar refractivity (Wildman–Crippen MR) is 42.5 cm³/mol. The van der Waals surface area contributed by atoms with E-state index in [1.54, 1.807) is 0 Å². The summed E-state index contributed by atoms with van der Waals surface area (Å²) in [6.45, 7) is 2.20. The molecule has 1 aliphatic rings. The molecule has 0 unspecified atom stereocenters. The maximum Gasteiger partial charge on any atom is 0.0112 e. The van der Waals surface area contributed by atoms with Gasteiger partial charge in [0.15, 0.2) is 0 Å². The van der Waals surface area contributed by atoms with Crippen molar-refractivity contribution >= 4 is 0 Å². The monoisotopic (exact) mass is 143 g/mol. The molecule has 60 valence electrons. The average molecular weight is 143 g/mol. The number of nitrogens with one attached hydrogen (secondary N) is 1. The van der Waals surface area contributed by atoms with Gasteiger partial charge >= 0.3 is 0 Å². The summed E-state index contributed by atoms with van der Waals surface area (Å²) < 4.78 is 0. The Hall–Kier alpha value is -0.120. The Morgan fingerprint density at radius 2 is 2.50 bits per heavy atom. The number of hydrazine groups is 1. The zero-order valence-electron chi connectivity index (χ0n) is 6.64. The van der Waals surface area contributed by atoms with Crippen molar-refractivity contribution < 1.29 is 0 Å². The van der Waals surface area contributed by atoms with Crippen LogP contribution >= 0.6 is 0 Å². The minimum Gasteiger partial charge on any atom is -0.303 e. The summed E-state index contributed by atoms with van der Waals surface area (Å²) in [6.07, 6.45) is 3.89. The van der Waals surface area contributed by atoms with Gasteiger partial charge in [0.25, 0.3) is 0 Å². The van der Waals surface area contributed by atoms with E-state index in [9.17, 15) is 0 Å². The van der Waals surface area contributed by atoms with Crippen LogP contribution in [0.25, 0.3) is 0 Å². The summed E-state index contributed by atoms with van der Waals surface area (Å²) in [5, 5.41) is 0. The quantitative estimate of drug-likeness (QED) is 0.429. The van der Waals surface area contributed by atoms with Crippen LogP contribution in [-0.2, 0) is 0 Å². The number of likely N-dealkylation sites (tertiary alicyclic amines) is 1. The summed E-state index contributed by atoms with van der Waals surface area (Å²) in [5.41, 5.74) is 2.69. The molecule has 0 aromatic heterocycles. The largest absolute Gasteiger partial charge is 0.303 e. The molecule has 3 heteroatoms. The number of hydrogen-bond donors (Lipinski definition) is 2. The first-order valence-corrected chi connectivity index (χ1v) is 3.98. The molecule has 0 aromatic carbocycles. The van der Waals surface area contributed by atoms with Gasteiger partial charge in [0.05, 0.1) is 0 Å². The van der Waals surface area contributed by atoms with Crippen LogP contribution < -0.4 is 11.3 Å². The number of nitrogens with zero attached hydrogens (tertiary/aromatic N) is 1. The van der Waals surface area contributed by atoms with Crippen molar-refractivity contribution in [2.45, 2.75) is 25.3 Å². The van der Waals surface area contributed by atoms with Gasteiger partial charge in [0, 0.05) is 12.6 Å². The SMILES string of the molecule is CN1CCC[C@@H]1CCNN. The molecule has 1 fully saturated rings. The Balaban J connectivity index is 2.14. The molecule has 0 spiro atoms. The number of rotatable bonds is 3. The Labute approximate surface area is 62.5 Å². The molecule has 0 radical (unpaired) electrons.